The SMILES string of the molecule is Cc1ccc(C(=O)NN(C)C(=O)OC(C)(C)C)cc1N(CC(=O)O)CC(=O)N(C)N1Cc2ccccc2C1. The molecule has 11 nitrogen and oxygen atoms in total. The first-order valence-electron chi connectivity index (χ1n) is 12.2. The number of hydrazine groups is 2. The Bertz CT molecular complexity index is 1200. The standard InChI is InChI=1S/C27H35N5O6/c1-18-11-12-19(25(36)28-29(5)26(37)38-27(2,3)4)13-22(18)31(17-24(34)35)16-23(33)30(6)32-14-20-9-7-8-10-21(20)15-32/h7-13H,14-17H2,1-6H3,(H,28,36)(H,34,35). The van der Waals surface area contributed by atoms with Crippen molar-refractivity contribution in [3.05, 3.63) is 64.7 Å². The molecule has 11 heteroatoms. The van der Waals surface area contributed by atoms with Crippen LogP contribution in [0.1, 0.15) is 47.8 Å². The predicted octanol–water partition coefficient (Wildman–Crippen LogP) is 2.79. The average Bonchev–Trinajstić information content (AvgIpc) is 3.26. The number of nitrogens with zero attached hydrogens (tertiary/aromatic N) is 4. The van der Waals surface area contributed by atoms with Gasteiger partial charge in [-0.2, -0.15) is 0 Å². The molecule has 2 N–H and O–H groups in total. The number of fused-ring (bicyclic) bond motifs is 1. The maximum atomic E-state index is 13.2. The maximum Gasteiger partial charge on any atom is 0.428 e. The van der Waals surface area contributed by atoms with E-state index in [1.54, 1.807) is 46.9 Å². The normalized spacial score (nSPS) is 12.9. The van der Waals surface area contributed by atoms with Gasteiger partial charge in [-0.15, -0.1) is 0 Å². The second kappa shape index (κ2) is 11.5. The summed E-state index contributed by atoms with van der Waals surface area (Å²) in [4.78, 5) is 51.4. The van der Waals surface area contributed by atoms with Gasteiger partial charge in [0.1, 0.15) is 12.1 Å². The van der Waals surface area contributed by atoms with Crippen molar-refractivity contribution in [2.75, 3.05) is 32.1 Å². The first-order valence-corrected chi connectivity index (χ1v) is 12.2. The molecule has 3 rings (SSSR count). The maximum absolute atomic E-state index is 13.2. The van der Waals surface area contributed by atoms with E-state index in [4.69, 9.17) is 4.74 Å². The number of likely N-dealkylation sites (N-methyl/N-ethyl adjacent to an activating group) is 1. The van der Waals surface area contributed by atoms with Gasteiger partial charge in [0.15, 0.2) is 0 Å². The Morgan fingerprint density at radius 2 is 1.61 bits per heavy atom. The summed E-state index contributed by atoms with van der Waals surface area (Å²) >= 11 is 0. The lowest BCUT2D eigenvalue weighted by molar-refractivity contribution is -0.145. The highest BCUT2D eigenvalue weighted by Gasteiger charge is 2.27. The average molecular weight is 526 g/mol. The monoisotopic (exact) mass is 525 g/mol. The van der Waals surface area contributed by atoms with Crippen LogP contribution < -0.4 is 10.3 Å². The van der Waals surface area contributed by atoms with Gasteiger partial charge >= 0.3 is 12.1 Å². The van der Waals surface area contributed by atoms with Crippen LogP contribution in [-0.4, -0.2) is 76.8 Å². The number of hydrogen-bond acceptors (Lipinski definition) is 7. The molecule has 0 unspecified atom stereocenters. The molecule has 0 saturated carbocycles. The van der Waals surface area contributed by atoms with Gasteiger partial charge in [-0.1, -0.05) is 30.3 Å². The number of rotatable bonds is 7. The highest BCUT2D eigenvalue weighted by atomic mass is 16.6. The number of aryl methyl sites for hydroxylation is 1. The van der Waals surface area contributed by atoms with Crippen molar-refractivity contribution in [3.8, 4) is 0 Å². The van der Waals surface area contributed by atoms with E-state index in [1.165, 1.54) is 23.0 Å². The highest BCUT2D eigenvalue weighted by Crippen LogP contribution is 2.25. The van der Waals surface area contributed by atoms with Crippen LogP contribution in [-0.2, 0) is 27.4 Å². The number of carboxylic acid groups (broad SMARTS) is 1. The fourth-order valence-corrected chi connectivity index (χ4v) is 4.02. The molecule has 1 aliphatic heterocycles. The number of ether oxygens (including phenoxy) is 1. The molecule has 0 bridgehead atoms. The van der Waals surface area contributed by atoms with Crippen LogP contribution in [0.25, 0.3) is 0 Å². The molecule has 1 aliphatic rings. The molecule has 38 heavy (non-hydrogen) atoms. The van der Waals surface area contributed by atoms with Gasteiger partial charge in [0.25, 0.3) is 11.8 Å². The summed E-state index contributed by atoms with van der Waals surface area (Å²) < 4.78 is 5.24. The van der Waals surface area contributed by atoms with Gasteiger partial charge in [-0.05, 0) is 56.5 Å². The van der Waals surface area contributed by atoms with Crippen molar-refractivity contribution >= 4 is 29.6 Å². The number of hydrogen-bond donors (Lipinski definition) is 2. The molecular weight excluding hydrogens is 490 g/mol. The van der Waals surface area contributed by atoms with Gasteiger partial charge in [0.05, 0.1) is 6.54 Å². The minimum absolute atomic E-state index is 0.187. The molecule has 0 atom stereocenters. The van der Waals surface area contributed by atoms with E-state index in [0.717, 1.165) is 16.1 Å². The molecule has 0 saturated heterocycles. The fraction of sp³-hybridized carbons (Fsp3) is 0.407. The van der Waals surface area contributed by atoms with Gasteiger partial charge in [-0.25, -0.2) is 14.8 Å². The minimum Gasteiger partial charge on any atom is -0.480 e. The van der Waals surface area contributed by atoms with Crippen LogP contribution in [0.5, 0.6) is 0 Å². The van der Waals surface area contributed by atoms with Crippen molar-refractivity contribution in [1.82, 2.24) is 20.5 Å². The van der Waals surface area contributed by atoms with Crippen LogP contribution in [0.15, 0.2) is 42.5 Å². The summed E-state index contributed by atoms with van der Waals surface area (Å²) in [6.45, 7) is 7.42. The van der Waals surface area contributed by atoms with Crippen LogP contribution in [0.2, 0.25) is 0 Å². The summed E-state index contributed by atoms with van der Waals surface area (Å²) in [7, 11) is 3.03. The number of carbonyl (C=O) groups excluding carboxylic acids is 3. The molecule has 2 aromatic carbocycles. The molecule has 204 valence electrons. The third-order valence-electron chi connectivity index (χ3n) is 6.01. The summed E-state index contributed by atoms with van der Waals surface area (Å²) in [5, 5.41) is 13.9. The molecule has 0 fully saturated rings. The Kier molecular flexibility index (Phi) is 8.62. The molecule has 0 aliphatic carbocycles. The van der Waals surface area contributed by atoms with Crippen molar-refractivity contribution in [2.45, 2.75) is 46.4 Å². The quantitative estimate of drug-likeness (QED) is 0.529. The summed E-state index contributed by atoms with van der Waals surface area (Å²) in [6.07, 6.45) is -0.733. The second-order valence-electron chi connectivity index (χ2n) is 10.2. The Balaban J connectivity index is 1.75. The van der Waals surface area contributed by atoms with Gasteiger partial charge in [0, 0.05) is 38.4 Å². The zero-order valence-corrected chi connectivity index (χ0v) is 22.6. The molecule has 2 aromatic rings. The third-order valence-corrected chi connectivity index (χ3v) is 6.01. The van der Waals surface area contributed by atoms with Crippen molar-refractivity contribution in [2.24, 2.45) is 0 Å². The fourth-order valence-electron chi connectivity index (χ4n) is 4.02. The number of carbonyl (C=O) groups is 4. The first kappa shape index (κ1) is 28.5. The zero-order valence-electron chi connectivity index (χ0n) is 22.6. The summed E-state index contributed by atoms with van der Waals surface area (Å²) in [5.41, 5.74) is 5.29. The minimum atomic E-state index is -1.12. The first-order chi connectivity index (χ1) is 17.7. The molecule has 0 spiro atoms. The molecular formula is C27H35N5O6. The largest absolute Gasteiger partial charge is 0.480 e. The van der Waals surface area contributed by atoms with Gasteiger partial charge in [-0.3, -0.25) is 24.8 Å². The topological polar surface area (TPSA) is 123 Å². The van der Waals surface area contributed by atoms with E-state index in [0.29, 0.717) is 24.3 Å². The van der Waals surface area contributed by atoms with Crippen LogP contribution in [0.4, 0.5) is 10.5 Å². The highest BCUT2D eigenvalue weighted by molar-refractivity contribution is 5.96. The second-order valence-corrected chi connectivity index (χ2v) is 10.2. The van der Waals surface area contributed by atoms with Crippen LogP contribution in [0, 0.1) is 6.92 Å². The van der Waals surface area contributed by atoms with E-state index in [-0.39, 0.29) is 18.0 Å². The smallest absolute Gasteiger partial charge is 0.428 e. The molecule has 0 radical (unpaired) electrons. The Labute approximate surface area is 222 Å². The van der Waals surface area contributed by atoms with Gasteiger partial charge < -0.3 is 14.7 Å². The number of amides is 3. The van der Waals surface area contributed by atoms with Crippen LogP contribution >= 0.6 is 0 Å². The lowest BCUT2D eigenvalue weighted by atomic mass is 10.1. The van der Waals surface area contributed by atoms with Crippen LogP contribution in [0.3, 0.4) is 0 Å². The van der Waals surface area contributed by atoms with E-state index < -0.39 is 30.1 Å². The van der Waals surface area contributed by atoms with E-state index in [2.05, 4.69) is 5.43 Å². The number of nitrogens with one attached hydrogen (secondary N) is 1. The van der Waals surface area contributed by atoms with Crippen molar-refractivity contribution < 1.29 is 29.0 Å². The Morgan fingerprint density at radius 1 is 1.00 bits per heavy atom. The number of carboxylic acids is 1. The van der Waals surface area contributed by atoms with E-state index in [9.17, 15) is 24.3 Å². The van der Waals surface area contributed by atoms with Crippen molar-refractivity contribution in [1.29, 1.82) is 0 Å². The van der Waals surface area contributed by atoms with E-state index in [1.807, 2.05) is 29.3 Å². The third kappa shape index (κ3) is 7.22. The lowest BCUT2D eigenvalue weighted by Gasteiger charge is -2.31. The van der Waals surface area contributed by atoms with Gasteiger partial charge in [0.2, 0.25) is 0 Å². The molecule has 0 aromatic heterocycles. The number of aliphatic carboxylic acids is 1. The Morgan fingerprint density at radius 3 is 2.16 bits per heavy atom. The zero-order chi connectivity index (χ0) is 28.2. The summed E-state index contributed by atoms with van der Waals surface area (Å²) in [6, 6.07) is 12.7. The summed E-state index contributed by atoms with van der Waals surface area (Å²) in [5.74, 6) is -2.00. The number of benzene rings is 2. The molecule has 1 heterocycles. The van der Waals surface area contributed by atoms with E-state index >= 15 is 0 Å². The number of anilines is 1. The Hall–Kier alpha value is -4.12. The predicted molar refractivity (Wildman–Crippen MR) is 141 cm³/mol. The van der Waals surface area contributed by atoms with Crippen molar-refractivity contribution in [3.63, 3.8) is 0 Å². The lowest BCUT2D eigenvalue weighted by Crippen LogP contribution is -2.47. The molecule has 3 amide bonds.